The maximum absolute atomic E-state index is 10.9. The molecule has 0 radical (unpaired) electrons. The van der Waals surface area contributed by atoms with Crippen molar-refractivity contribution in [2.45, 2.75) is 13.3 Å². The predicted octanol–water partition coefficient (Wildman–Crippen LogP) is 0.675. The second-order valence-electron chi connectivity index (χ2n) is 4.87. The first-order valence-electron chi connectivity index (χ1n) is 5.69. The summed E-state index contributed by atoms with van der Waals surface area (Å²) in [5, 5.41) is 9.01. The molecule has 1 N–H and O–H groups in total. The van der Waals surface area contributed by atoms with Crippen molar-refractivity contribution < 1.29 is 14.6 Å². The lowest BCUT2D eigenvalue weighted by Crippen LogP contribution is -2.29. The summed E-state index contributed by atoms with van der Waals surface area (Å²) in [7, 11) is 0. The molecule has 15 heavy (non-hydrogen) atoms. The van der Waals surface area contributed by atoms with Gasteiger partial charge in [-0.1, -0.05) is 6.92 Å². The number of likely N-dealkylation sites (tertiary alicyclic amines) is 1. The van der Waals surface area contributed by atoms with Crippen LogP contribution in [0.3, 0.4) is 0 Å². The van der Waals surface area contributed by atoms with E-state index in [-0.39, 0.29) is 11.8 Å². The molecule has 4 nitrogen and oxygen atoms in total. The van der Waals surface area contributed by atoms with Crippen LogP contribution in [0.15, 0.2) is 0 Å². The van der Waals surface area contributed by atoms with Gasteiger partial charge in [0, 0.05) is 26.2 Å². The second-order valence-corrected chi connectivity index (χ2v) is 4.87. The number of ether oxygens (including phenoxy) is 1. The van der Waals surface area contributed by atoms with Gasteiger partial charge in [0.1, 0.15) is 0 Å². The van der Waals surface area contributed by atoms with Crippen LogP contribution in [0.25, 0.3) is 0 Å². The summed E-state index contributed by atoms with van der Waals surface area (Å²) in [5.74, 6) is 0.0783. The van der Waals surface area contributed by atoms with Crippen LogP contribution in [-0.4, -0.2) is 48.8 Å². The van der Waals surface area contributed by atoms with Gasteiger partial charge >= 0.3 is 5.97 Å². The maximum atomic E-state index is 10.9. The van der Waals surface area contributed by atoms with Gasteiger partial charge < -0.3 is 14.7 Å². The van der Waals surface area contributed by atoms with E-state index >= 15 is 0 Å². The Bertz CT molecular complexity index is 238. The van der Waals surface area contributed by atoms with E-state index in [1.807, 2.05) is 6.92 Å². The molecule has 0 aromatic carbocycles. The molecule has 0 aliphatic carbocycles. The number of carbonyl (C=O) groups is 1. The number of hydrogen-bond acceptors (Lipinski definition) is 3. The number of carboxylic acids is 1. The molecule has 0 bridgehead atoms. The van der Waals surface area contributed by atoms with Gasteiger partial charge in [-0.2, -0.15) is 0 Å². The zero-order valence-corrected chi connectivity index (χ0v) is 9.19. The van der Waals surface area contributed by atoms with Crippen LogP contribution in [0.1, 0.15) is 13.3 Å². The van der Waals surface area contributed by atoms with Gasteiger partial charge in [-0.15, -0.1) is 0 Å². The molecule has 0 spiro atoms. The SMILES string of the molecule is CC1CN(CC2CCOC2)CC1C(=O)O. The molecule has 0 aromatic rings. The van der Waals surface area contributed by atoms with Gasteiger partial charge in [-0.25, -0.2) is 0 Å². The summed E-state index contributed by atoms with van der Waals surface area (Å²) in [6, 6.07) is 0. The standard InChI is InChI=1S/C11H19NO3/c1-8-4-12(6-10(8)11(13)14)5-9-2-3-15-7-9/h8-10H,2-7H2,1H3,(H,13,14). The van der Waals surface area contributed by atoms with Crippen molar-refractivity contribution in [1.29, 1.82) is 0 Å². The van der Waals surface area contributed by atoms with E-state index in [0.717, 1.165) is 32.7 Å². The van der Waals surface area contributed by atoms with Gasteiger partial charge in [-0.3, -0.25) is 4.79 Å². The van der Waals surface area contributed by atoms with Crippen LogP contribution >= 0.6 is 0 Å². The van der Waals surface area contributed by atoms with E-state index in [2.05, 4.69) is 4.90 Å². The smallest absolute Gasteiger partial charge is 0.308 e. The second kappa shape index (κ2) is 4.49. The molecule has 2 heterocycles. The van der Waals surface area contributed by atoms with Gasteiger partial charge in [0.2, 0.25) is 0 Å². The Morgan fingerprint density at radius 2 is 2.33 bits per heavy atom. The first-order valence-corrected chi connectivity index (χ1v) is 5.69. The van der Waals surface area contributed by atoms with Crippen molar-refractivity contribution in [3.63, 3.8) is 0 Å². The molecule has 0 aromatic heterocycles. The summed E-state index contributed by atoms with van der Waals surface area (Å²) >= 11 is 0. The Hall–Kier alpha value is -0.610. The van der Waals surface area contributed by atoms with Crippen molar-refractivity contribution in [3.05, 3.63) is 0 Å². The summed E-state index contributed by atoms with van der Waals surface area (Å²) in [5.41, 5.74) is 0. The highest BCUT2D eigenvalue weighted by atomic mass is 16.5. The molecule has 3 unspecified atom stereocenters. The fraction of sp³-hybridized carbons (Fsp3) is 0.909. The Morgan fingerprint density at radius 3 is 2.87 bits per heavy atom. The number of nitrogens with zero attached hydrogens (tertiary/aromatic N) is 1. The first kappa shape index (κ1) is 10.9. The van der Waals surface area contributed by atoms with E-state index in [4.69, 9.17) is 9.84 Å². The van der Waals surface area contributed by atoms with Crippen LogP contribution in [0.4, 0.5) is 0 Å². The molecule has 86 valence electrons. The highest BCUT2D eigenvalue weighted by Gasteiger charge is 2.35. The molecule has 2 rings (SSSR count). The lowest BCUT2D eigenvalue weighted by molar-refractivity contribution is -0.142. The largest absolute Gasteiger partial charge is 0.481 e. The molecule has 2 saturated heterocycles. The third-order valence-corrected chi connectivity index (χ3v) is 3.55. The molecular formula is C11H19NO3. The molecule has 2 aliphatic heterocycles. The minimum Gasteiger partial charge on any atom is -0.481 e. The topological polar surface area (TPSA) is 49.8 Å². The molecule has 0 amide bonds. The molecule has 0 saturated carbocycles. The van der Waals surface area contributed by atoms with Crippen LogP contribution in [0.2, 0.25) is 0 Å². The van der Waals surface area contributed by atoms with Crippen LogP contribution < -0.4 is 0 Å². The third kappa shape index (κ3) is 2.49. The van der Waals surface area contributed by atoms with E-state index in [1.54, 1.807) is 0 Å². The van der Waals surface area contributed by atoms with E-state index in [9.17, 15) is 4.79 Å². The van der Waals surface area contributed by atoms with Gasteiger partial charge in [0.15, 0.2) is 0 Å². The van der Waals surface area contributed by atoms with Crippen molar-refractivity contribution >= 4 is 5.97 Å². The molecule has 3 atom stereocenters. The predicted molar refractivity (Wildman–Crippen MR) is 55.7 cm³/mol. The Morgan fingerprint density at radius 1 is 1.53 bits per heavy atom. The van der Waals surface area contributed by atoms with Gasteiger partial charge in [0.05, 0.1) is 12.5 Å². The summed E-state index contributed by atoms with van der Waals surface area (Å²) in [4.78, 5) is 13.2. The minimum absolute atomic E-state index is 0.174. The highest BCUT2D eigenvalue weighted by molar-refractivity contribution is 5.71. The quantitative estimate of drug-likeness (QED) is 0.749. The molecule has 4 heteroatoms. The fourth-order valence-corrected chi connectivity index (χ4v) is 2.63. The number of carboxylic acid groups (broad SMARTS) is 1. The average Bonchev–Trinajstić information content (AvgIpc) is 2.75. The Balaban J connectivity index is 1.82. The number of aliphatic carboxylic acids is 1. The first-order chi connectivity index (χ1) is 7.16. The lowest BCUT2D eigenvalue weighted by Gasteiger charge is -2.18. The molecular weight excluding hydrogens is 194 g/mol. The zero-order valence-electron chi connectivity index (χ0n) is 9.19. The molecule has 2 fully saturated rings. The van der Waals surface area contributed by atoms with Crippen LogP contribution in [-0.2, 0) is 9.53 Å². The maximum Gasteiger partial charge on any atom is 0.308 e. The van der Waals surface area contributed by atoms with Crippen molar-refractivity contribution in [1.82, 2.24) is 4.90 Å². The Kier molecular flexibility index (Phi) is 3.26. The van der Waals surface area contributed by atoms with E-state index < -0.39 is 5.97 Å². The van der Waals surface area contributed by atoms with Gasteiger partial charge in [-0.05, 0) is 18.3 Å². The summed E-state index contributed by atoms with van der Waals surface area (Å²) in [6.45, 7) is 6.40. The zero-order chi connectivity index (χ0) is 10.8. The van der Waals surface area contributed by atoms with Crippen LogP contribution in [0.5, 0.6) is 0 Å². The van der Waals surface area contributed by atoms with E-state index in [0.29, 0.717) is 12.5 Å². The van der Waals surface area contributed by atoms with Gasteiger partial charge in [0.25, 0.3) is 0 Å². The average molecular weight is 213 g/mol. The Labute approximate surface area is 90.2 Å². The van der Waals surface area contributed by atoms with Crippen LogP contribution in [0, 0.1) is 17.8 Å². The molecule has 2 aliphatic rings. The minimum atomic E-state index is -0.646. The monoisotopic (exact) mass is 213 g/mol. The fourth-order valence-electron chi connectivity index (χ4n) is 2.63. The third-order valence-electron chi connectivity index (χ3n) is 3.55. The number of hydrogen-bond donors (Lipinski definition) is 1. The van der Waals surface area contributed by atoms with Crippen molar-refractivity contribution in [3.8, 4) is 0 Å². The number of rotatable bonds is 3. The van der Waals surface area contributed by atoms with E-state index in [1.165, 1.54) is 0 Å². The lowest BCUT2D eigenvalue weighted by atomic mass is 9.99. The van der Waals surface area contributed by atoms with Crippen molar-refractivity contribution in [2.24, 2.45) is 17.8 Å². The van der Waals surface area contributed by atoms with Crippen molar-refractivity contribution in [2.75, 3.05) is 32.8 Å². The summed E-state index contributed by atoms with van der Waals surface area (Å²) < 4.78 is 5.33. The highest BCUT2D eigenvalue weighted by Crippen LogP contribution is 2.25. The summed E-state index contributed by atoms with van der Waals surface area (Å²) in [6.07, 6.45) is 1.13. The normalized spacial score (nSPS) is 37.3.